The second-order valence-corrected chi connectivity index (χ2v) is 8.01. The Morgan fingerprint density at radius 1 is 1.20 bits per heavy atom. The molecule has 1 saturated heterocycles. The van der Waals surface area contributed by atoms with Gasteiger partial charge in [-0.05, 0) is 44.0 Å². The van der Waals surface area contributed by atoms with Gasteiger partial charge in [0.1, 0.15) is 12.4 Å². The molecule has 1 fully saturated rings. The van der Waals surface area contributed by atoms with Gasteiger partial charge in [-0.2, -0.15) is 5.10 Å². The monoisotopic (exact) mass is 406 g/mol. The minimum absolute atomic E-state index is 0.219. The fraction of sp³-hybridized carbons (Fsp3) is 0.409. The second-order valence-electron chi connectivity index (χ2n) is 8.01. The van der Waals surface area contributed by atoms with Crippen LogP contribution in [0.3, 0.4) is 0 Å². The number of methoxy groups -OCH3 is 1. The number of hydrogen-bond donors (Lipinski definition) is 2. The summed E-state index contributed by atoms with van der Waals surface area (Å²) in [6, 6.07) is 6.00. The Morgan fingerprint density at radius 3 is 2.80 bits per heavy atom. The number of piperidine rings is 1. The topological polar surface area (TPSA) is 89.4 Å². The fourth-order valence-corrected chi connectivity index (χ4v) is 4.19. The van der Waals surface area contributed by atoms with Crippen molar-refractivity contribution in [3.63, 3.8) is 0 Å². The van der Waals surface area contributed by atoms with Gasteiger partial charge in [0.05, 0.1) is 23.8 Å². The molecule has 30 heavy (non-hydrogen) atoms. The van der Waals surface area contributed by atoms with Crippen molar-refractivity contribution in [2.24, 2.45) is 0 Å². The molecule has 156 valence electrons. The Kier molecular flexibility index (Phi) is 4.78. The van der Waals surface area contributed by atoms with Gasteiger partial charge in [-0.25, -0.2) is 14.5 Å². The van der Waals surface area contributed by atoms with E-state index in [2.05, 4.69) is 40.3 Å². The number of aromatic nitrogens is 5. The number of pyridine rings is 2. The second kappa shape index (κ2) is 7.60. The van der Waals surface area contributed by atoms with E-state index in [1.165, 1.54) is 6.33 Å². The van der Waals surface area contributed by atoms with Gasteiger partial charge in [-0.15, -0.1) is 0 Å². The number of fused-ring (bicyclic) bond motifs is 2. The molecule has 2 N–H and O–H groups in total. The van der Waals surface area contributed by atoms with Crippen molar-refractivity contribution in [1.82, 2.24) is 29.9 Å². The normalized spacial score (nSPS) is 15.3. The van der Waals surface area contributed by atoms with Crippen LogP contribution in [-0.2, 0) is 0 Å². The van der Waals surface area contributed by atoms with Gasteiger partial charge in [0, 0.05) is 23.4 Å². The number of ether oxygens (including phenoxy) is 2. The highest BCUT2D eigenvalue weighted by Gasteiger charge is 2.21. The molecule has 0 unspecified atom stereocenters. The summed E-state index contributed by atoms with van der Waals surface area (Å²) in [7, 11) is 1.65. The van der Waals surface area contributed by atoms with Gasteiger partial charge < -0.3 is 19.8 Å². The number of aromatic amines is 1. The molecular formula is C22H26N6O2. The Hall–Kier alpha value is -3.13. The smallest absolute Gasteiger partial charge is 0.214 e. The molecule has 8 nitrogen and oxygen atoms in total. The average molecular weight is 406 g/mol. The van der Waals surface area contributed by atoms with Crippen LogP contribution in [0.2, 0.25) is 0 Å². The van der Waals surface area contributed by atoms with Crippen LogP contribution < -0.4 is 14.8 Å². The molecule has 0 saturated carbocycles. The molecule has 5 rings (SSSR count). The van der Waals surface area contributed by atoms with Gasteiger partial charge in [-0.1, -0.05) is 13.8 Å². The van der Waals surface area contributed by atoms with Gasteiger partial charge in [-0.3, -0.25) is 0 Å². The van der Waals surface area contributed by atoms with Crippen LogP contribution in [0.5, 0.6) is 11.6 Å². The van der Waals surface area contributed by atoms with Crippen LogP contribution in [-0.4, -0.2) is 50.9 Å². The summed E-state index contributed by atoms with van der Waals surface area (Å²) in [5.41, 5.74) is 5.78. The van der Waals surface area contributed by atoms with E-state index in [1.807, 2.05) is 18.3 Å². The van der Waals surface area contributed by atoms with Crippen LogP contribution >= 0.6 is 0 Å². The number of nitrogens with one attached hydrogen (secondary N) is 2. The number of rotatable bonds is 5. The summed E-state index contributed by atoms with van der Waals surface area (Å²) in [5.74, 6) is 1.64. The van der Waals surface area contributed by atoms with Crippen molar-refractivity contribution >= 4 is 16.7 Å². The van der Waals surface area contributed by atoms with Crippen LogP contribution in [0, 0.1) is 0 Å². The summed E-state index contributed by atoms with van der Waals surface area (Å²) < 4.78 is 13.5. The van der Waals surface area contributed by atoms with E-state index in [1.54, 1.807) is 11.6 Å². The molecular weight excluding hydrogens is 380 g/mol. The minimum Gasteiger partial charge on any atom is -0.493 e. The van der Waals surface area contributed by atoms with Crippen molar-refractivity contribution in [1.29, 1.82) is 0 Å². The van der Waals surface area contributed by atoms with E-state index in [0.29, 0.717) is 17.3 Å². The molecule has 0 amide bonds. The van der Waals surface area contributed by atoms with E-state index in [4.69, 9.17) is 14.5 Å². The first-order valence-electron chi connectivity index (χ1n) is 10.4. The van der Waals surface area contributed by atoms with Crippen LogP contribution in [0.4, 0.5) is 0 Å². The molecule has 0 radical (unpaired) electrons. The Bertz CT molecular complexity index is 1190. The molecule has 8 heteroatoms. The molecule has 4 aromatic rings. The van der Waals surface area contributed by atoms with E-state index in [0.717, 1.165) is 53.8 Å². The third kappa shape index (κ3) is 3.27. The van der Waals surface area contributed by atoms with Crippen LogP contribution in [0.15, 0.2) is 30.7 Å². The van der Waals surface area contributed by atoms with Gasteiger partial charge >= 0.3 is 0 Å². The molecule has 1 aliphatic heterocycles. The molecule has 5 heterocycles. The summed E-state index contributed by atoms with van der Waals surface area (Å²) in [6.45, 7) is 6.34. The highest BCUT2D eigenvalue weighted by Crippen LogP contribution is 2.37. The van der Waals surface area contributed by atoms with Crippen LogP contribution in [0.1, 0.15) is 38.2 Å². The molecule has 0 aromatic carbocycles. The van der Waals surface area contributed by atoms with Crippen molar-refractivity contribution in [2.45, 2.75) is 38.7 Å². The summed E-state index contributed by atoms with van der Waals surface area (Å²) in [5, 5.41) is 7.66. The van der Waals surface area contributed by atoms with Gasteiger partial charge in [0.2, 0.25) is 5.88 Å². The molecule has 0 atom stereocenters. The predicted octanol–water partition coefficient (Wildman–Crippen LogP) is 3.54. The zero-order valence-corrected chi connectivity index (χ0v) is 17.5. The Balaban J connectivity index is 1.61. The van der Waals surface area contributed by atoms with E-state index < -0.39 is 0 Å². The van der Waals surface area contributed by atoms with Crippen molar-refractivity contribution < 1.29 is 9.47 Å². The Morgan fingerprint density at radius 2 is 2.03 bits per heavy atom. The van der Waals surface area contributed by atoms with E-state index in [9.17, 15) is 0 Å². The lowest BCUT2D eigenvalue weighted by atomic mass is 9.99. The van der Waals surface area contributed by atoms with Gasteiger partial charge in [0.25, 0.3) is 0 Å². The number of H-pyrrole nitrogens is 1. The van der Waals surface area contributed by atoms with Crippen molar-refractivity contribution in [2.75, 3.05) is 20.2 Å². The van der Waals surface area contributed by atoms with Crippen LogP contribution in [0.25, 0.3) is 27.9 Å². The lowest BCUT2D eigenvalue weighted by Crippen LogP contribution is -2.34. The lowest BCUT2D eigenvalue weighted by molar-refractivity contribution is 0.156. The highest BCUT2D eigenvalue weighted by atomic mass is 16.5. The standard InChI is InChI=1S/C22H26N6O2/c1-13(2)19-20(14-10-17(29-3)22-24-12-25-28(22)11-14)26-16-4-5-18(27-21(16)19)30-15-6-8-23-9-7-15/h4-5,10-13,15,23,26H,6-9H2,1-3H3. The van der Waals surface area contributed by atoms with Crippen molar-refractivity contribution in [3.05, 3.63) is 36.3 Å². The summed E-state index contributed by atoms with van der Waals surface area (Å²) in [6.07, 6.45) is 5.73. The SMILES string of the molecule is COc1cc(-c2[nH]c3ccc(OC4CCNCC4)nc3c2C(C)C)cn2ncnc12. The predicted molar refractivity (Wildman–Crippen MR) is 115 cm³/mol. The minimum atomic E-state index is 0.219. The maximum Gasteiger partial charge on any atom is 0.214 e. The first kappa shape index (κ1) is 18.9. The summed E-state index contributed by atoms with van der Waals surface area (Å²) in [4.78, 5) is 12.7. The lowest BCUT2D eigenvalue weighted by Gasteiger charge is -2.23. The summed E-state index contributed by atoms with van der Waals surface area (Å²) >= 11 is 0. The average Bonchev–Trinajstić information content (AvgIpc) is 3.38. The first-order valence-corrected chi connectivity index (χ1v) is 10.4. The highest BCUT2D eigenvalue weighted by molar-refractivity contribution is 5.89. The maximum atomic E-state index is 6.19. The largest absolute Gasteiger partial charge is 0.493 e. The van der Waals surface area contributed by atoms with E-state index >= 15 is 0 Å². The molecule has 1 aliphatic rings. The van der Waals surface area contributed by atoms with Crippen molar-refractivity contribution in [3.8, 4) is 22.9 Å². The first-order chi connectivity index (χ1) is 14.6. The number of hydrogen-bond acceptors (Lipinski definition) is 6. The van der Waals surface area contributed by atoms with Gasteiger partial charge in [0.15, 0.2) is 11.4 Å². The molecule has 4 aromatic heterocycles. The molecule has 0 spiro atoms. The third-order valence-corrected chi connectivity index (χ3v) is 5.65. The quantitative estimate of drug-likeness (QED) is 0.527. The number of nitrogens with zero attached hydrogens (tertiary/aromatic N) is 4. The zero-order chi connectivity index (χ0) is 20.7. The third-order valence-electron chi connectivity index (χ3n) is 5.65. The Labute approximate surface area is 174 Å². The molecule has 0 bridgehead atoms. The fourth-order valence-electron chi connectivity index (χ4n) is 4.19. The zero-order valence-electron chi connectivity index (χ0n) is 17.5. The van der Waals surface area contributed by atoms with E-state index in [-0.39, 0.29) is 12.0 Å². The maximum absolute atomic E-state index is 6.19. The molecule has 0 aliphatic carbocycles.